The van der Waals surface area contributed by atoms with Crippen LogP contribution in [0.3, 0.4) is 0 Å². The minimum atomic E-state index is -0.0692. The molecule has 0 spiro atoms. The zero-order valence-electron chi connectivity index (χ0n) is 16.1. The van der Waals surface area contributed by atoms with Gasteiger partial charge in [-0.3, -0.25) is 0 Å². The van der Waals surface area contributed by atoms with Gasteiger partial charge >= 0.3 is 6.03 Å². The molecule has 6 heteroatoms. The van der Waals surface area contributed by atoms with Crippen LogP contribution in [-0.4, -0.2) is 61.5 Å². The predicted octanol–water partition coefficient (Wildman–Crippen LogP) is 2.32. The van der Waals surface area contributed by atoms with E-state index < -0.39 is 0 Å². The standard InChI is InChI=1S/C20H31N3O3/c1-4-26-17-7-5-16(6-8-17)23-13-15-11-20(2,3)18(23)14-22(12-15)19(25)21-9-10-24/h5-8,15,18,24H,4,9-14H2,1-3H3,(H,21,25)/t15?,18-/m0/s1. The van der Waals surface area contributed by atoms with Crippen LogP contribution < -0.4 is 15.0 Å². The Hall–Kier alpha value is -1.95. The smallest absolute Gasteiger partial charge is 0.317 e. The number of urea groups is 1. The number of hydrogen-bond acceptors (Lipinski definition) is 4. The summed E-state index contributed by atoms with van der Waals surface area (Å²) in [6.07, 6.45) is 1.12. The minimum absolute atomic E-state index is 0.0315. The molecule has 2 bridgehead atoms. The second kappa shape index (κ2) is 7.74. The lowest BCUT2D eigenvalue weighted by atomic mass is 9.73. The van der Waals surface area contributed by atoms with Crippen LogP contribution in [0, 0.1) is 11.3 Å². The van der Waals surface area contributed by atoms with E-state index in [9.17, 15) is 4.79 Å². The van der Waals surface area contributed by atoms with E-state index >= 15 is 0 Å². The molecule has 2 N–H and O–H groups in total. The van der Waals surface area contributed by atoms with E-state index in [1.807, 2.05) is 24.0 Å². The number of carbonyl (C=O) groups is 1. The van der Waals surface area contributed by atoms with Gasteiger partial charge in [-0.2, -0.15) is 0 Å². The second-order valence-electron chi connectivity index (χ2n) is 8.01. The molecule has 26 heavy (non-hydrogen) atoms. The summed E-state index contributed by atoms with van der Waals surface area (Å²) in [6, 6.07) is 8.49. The molecular weight excluding hydrogens is 330 g/mol. The lowest BCUT2D eigenvalue weighted by Gasteiger charge is -2.48. The third kappa shape index (κ3) is 3.90. The topological polar surface area (TPSA) is 65.0 Å². The predicted molar refractivity (Wildman–Crippen MR) is 103 cm³/mol. The largest absolute Gasteiger partial charge is 0.494 e. The Bertz CT molecular complexity index is 617. The van der Waals surface area contributed by atoms with Crippen LogP contribution in [0.5, 0.6) is 5.75 Å². The molecule has 0 aromatic heterocycles. The number of carbonyl (C=O) groups excluding carboxylic acids is 1. The van der Waals surface area contributed by atoms with Crippen LogP contribution >= 0.6 is 0 Å². The number of anilines is 1. The molecule has 0 radical (unpaired) electrons. The summed E-state index contributed by atoms with van der Waals surface area (Å²) >= 11 is 0. The zero-order chi connectivity index (χ0) is 18.7. The van der Waals surface area contributed by atoms with Crippen molar-refractivity contribution in [3.8, 4) is 5.75 Å². The molecule has 144 valence electrons. The van der Waals surface area contributed by atoms with E-state index in [0.29, 0.717) is 25.6 Å². The molecule has 3 aliphatic heterocycles. The molecule has 1 aromatic carbocycles. The van der Waals surface area contributed by atoms with E-state index in [1.54, 1.807) is 0 Å². The van der Waals surface area contributed by atoms with Gasteiger partial charge in [0.25, 0.3) is 0 Å². The monoisotopic (exact) mass is 361 g/mol. The SMILES string of the molecule is CCOc1ccc(N2CC3CN(C(=O)NCCO)C[C@H]2C(C)(C)C3)cc1. The number of aliphatic hydroxyl groups excluding tert-OH is 1. The van der Waals surface area contributed by atoms with Crippen molar-refractivity contribution in [2.24, 2.45) is 11.3 Å². The highest BCUT2D eigenvalue weighted by atomic mass is 16.5. The van der Waals surface area contributed by atoms with Gasteiger partial charge in [0.05, 0.1) is 19.3 Å². The van der Waals surface area contributed by atoms with E-state index in [0.717, 1.165) is 25.3 Å². The first-order chi connectivity index (χ1) is 12.4. The van der Waals surface area contributed by atoms with Gasteiger partial charge in [0.1, 0.15) is 5.75 Å². The van der Waals surface area contributed by atoms with E-state index in [4.69, 9.17) is 9.84 Å². The molecule has 2 amide bonds. The van der Waals surface area contributed by atoms with Crippen molar-refractivity contribution in [1.29, 1.82) is 0 Å². The fraction of sp³-hybridized carbons (Fsp3) is 0.650. The zero-order valence-corrected chi connectivity index (χ0v) is 16.1. The molecule has 0 aliphatic carbocycles. The Labute approximate surface area is 156 Å². The van der Waals surface area contributed by atoms with Gasteiger partial charge in [-0.15, -0.1) is 0 Å². The molecule has 4 rings (SSSR count). The van der Waals surface area contributed by atoms with Crippen LogP contribution in [0.25, 0.3) is 0 Å². The quantitative estimate of drug-likeness (QED) is 0.845. The number of piperidine rings is 1. The maximum Gasteiger partial charge on any atom is 0.317 e. The Balaban J connectivity index is 1.81. The van der Waals surface area contributed by atoms with Crippen LogP contribution in [0.1, 0.15) is 27.2 Å². The molecule has 6 nitrogen and oxygen atoms in total. The van der Waals surface area contributed by atoms with Crippen molar-refractivity contribution in [2.45, 2.75) is 33.2 Å². The number of amides is 2. The molecule has 0 saturated carbocycles. The highest BCUT2D eigenvalue weighted by molar-refractivity contribution is 5.74. The number of hydrogen-bond donors (Lipinski definition) is 2. The third-order valence-corrected chi connectivity index (χ3v) is 5.57. The van der Waals surface area contributed by atoms with E-state index in [1.165, 1.54) is 5.69 Å². The fourth-order valence-corrected chi connectivity index (χ4v) is 4.46. The molecular formula is C20H31N3O3. The molecule has 1 unspecified atom stereocenters. The second-order valence-corrected chi connectivity index (χ2v) is 8.01. The molecule has 3 fully saturated rings. The lowest BCUT2D eigenvalue weighted by Crippen LogP contribution is -2.54. The van der Waals surface area contributed by atoms with Gasteiger partial charge < -0.3 is 25.0 Å². The summed E-state index contributed by atoms with van der Waals surface area (Å²) in [6.45, 7) is 9.97. The Morgan fingerprint density at radius 2 is 2.00 bits per heavy atom. The molecule has 1 aromatic rings. The van der Waals surface area contributed by atoms with Gasteiger partial charge in [0.2, 0.25) is 0 Å². The van der Waals surface area contributed by atoms with Crippen molar-refractivity contribution < 1.29 is 14.6 Å². The first-order valence-electron chi connectivity index (χ1n) is 9.57. The third-order valence-electron chi connectivity index (χ3n) is 5.57. The summed E-state index contributed by atoms with van der Waals surface area (Å²) in [5.74, 6) is 1.33. The van der Waals surface area contributed by atoms with Gasteiger partial charge in [-0.25, -0.2) is 4.79 Å². The van der Waals surface area contributed by atoms with Gasteiger partial charge in [-0.1, -0.05) is 13.8 Å². The van der Waals surface area contributed by atoms with Crippen molar-refractivity contribution >= 4 is 11.7 Å². The van der Waals surface area contributed by atoms with E-state index in [-0.39, 0.29) is 24.1 Å². The highest BCUT2D eigenvalue weighted by Gasteiger charge is 2.46. The van der Waals surface area contributed by atoms with Gasteiger partial charge in [0, 0.05) is 31.9 Å². The number of rotatable bonds is 5. The number of aliphatic hydroxyl groups is 1. The Kier molecular flexibility index (Phi) is 5.61. The number of fused-ring (bicyclic) bond motifs is 4. The van der Waals surface area contributed by atoms with Crippen molar-refractivity contribution in [2.75, 3.05) is 44.3 Å². The van der Waals surface area contributed by atoms with Gasteiger partial charge in [0.15, 0.2) is 0 Å². The molecule has 2 atom stereocenters. The summed E-state index contributed by atoms with van der Waals surface area (Å²) in [5.41, 5.74) is 1.32. The fourth-order valence-electron chi connectivity index (χ4n) is 4.46. The van der Waals surface area contributed by atoms with Crippen LogP contribution in [0.2, 0.25) is 0 Å². The maximum absolute atomic E-state index is 12.5. The first kappa shape index (κ1) is 18.8. The average Bonchev–Trinajstić information content (AvgIpc) is 2.87. The lowest BCUT2D eigenvalue weighted by molar-refractivity contribution is 0.185. The molecule has 3 saturated heterocycles. The van der Waals surface area contributed by atoms with Crippen molar-refractivity contribution in [3.05, 3.63) is 24.3 Å². The van der Waals surface area contributed by atoms with Crippen LogP contribution in [0.4, 0.5) is 10.5 Å². The summed E-state index contributed by atoms with van der Waals surface area (Å²) in [7, 11) is 0. The maximum atomic E-state index is 12.5. The molecule has 3 heterocycles. The Morgan fingerprint density at radius 3 is 2.65 bits per heavy atom. The Morgan fingerprint density at radius 1 is 1.27 bits per heavy atom. The summed E-state index contributed by atoms with van der Waals surface area (Å²) in [4.78, 5) is 16.9. The normalized spacial score (nSPS) is 24.3. The first-order valence-corrected chi connectivity index (χ1v) is 9.57. The molecule has 3 aliphatic rings. The number of benzene rings is 1. The summed E-state index contributed by atoms with van der Waals surface area (Å²) in [5, 5.41) is 11.8. The number of nitrogens with one attached hydrogen (secondary N) is 1. The summed E-state index contributed by atoms with van der Waals surface area (Å²) < 4.78 is 5.56. The van der Waals surface area contributed by atoms with Gasteiger partial charge in [-0.05, 0) is 48.9 Å². The average molecular weight is 361 g/mol. The van der Waals surface area contributed by atoms with Crippen molar-refractivity contribution in [1.82, 2.24) is 10.2 Å². The minimum Gasteiger partial charge on any atom is -0.494 e. The number of ether oxygens (including phenoxy) is 1. The van der Waals surface area contributed by atoms with E-state index in [2.05, 4.69) is 36.2 Å². The van der Waals surface area contributed by atoms with Crippen LogP contribution in [-0.2, 0) is 0 Å². The highest BCUT2D eigenvalue weighted by Crippen LogP contribution is 2.43. The van der Waals surface area contributed by atoms with Crippen LogP contribution in [0.15, 0.2) is 24.3 Å². The van der Waals surface area contributed by atoms with Crippen molar-refractivity contribution in [3.63, 3.8) is 0 Å². The number of nitrogens with zero attached hydrogens (tertiary/aromatic N) is 2.